The zero-order valence-corrected chi connectivity index (χ0v) is 12.4. The zero-order chi connectivity index (χ0) is 13.4. The van der Waals surface area contributed by atoms with E-state index >= 15 is 0 Å². The van der Waals surface area contributed by atoms with Crippen LogP contribution in [0.1, 0.15) is 65.2 Å². The number of amides is 1. The van der Waals surface area contributed by atoms with E-state index in [9.17, 15) is 4.79 Å². The van der Waals surface area contributed by atoms with Crippen molar-refractivity contribution in [2.45, 2.75) is 83.5 Å². The maximum atomic E-state index is 12.7. The summed E-state index contributed by atoms with van der Waals surface area (Å²) < 4.78 is 0. The number of nitrogens with zero attached hydrogens (tertiary/aromatic N) is 1. The molecule has 3 aliphatic rings. The number of unbranched alkanes of at least 4 members (excludes halogenated alkanes) is 1. The third-order valence-corrected chi connectivity index (χ3v) is 5.34. The van der Waals surface area contributed by atoms with E-state index in [2.05, 4.69) is 24.1 Å². The first-order chi connectivity index (χ1) is 9.22. The van der Waals surface area contributed by atoms with Crippen LogP contribution in [0.3, 0.4) is 0 Å². The lowest BCUT2D eigenvalue weighted by Crippen LogP contribution is -2.44. The van der Waals surface area contributed by atoms with Gasteiger partial charge in [0, 0.05) is 6.04 Å². The standard InChI is InChI=1S/C16H28N2O/c1-3-4-9-13-16(19)18(14-10-11(14)2)15(17-13)12-7-5-6-8-12/h11-15,17H,3-10H2,1-2H3. The summed E-state index contributed by atoms with van der Waals surface area (Å²) in [5.74, 6) is 1.84. The average Bonchev–Trinajstić information content (AvgIpc) is 2.84. The molecule has 1 aliphatic heterocycles. The molecular formula is C16H28N2O. The summed E-state index contributed by atoms with van der Waals surface area (Å²) in [4.78, 5) is 14.9. The predicted molar refractivity (Wildman–Crippen MR) is 76.6 cm³/mol. The Morgan fingerprint density at radius 2 is 2.00 bits per heavy atom. The Bertz CT molecular complexity index is 338. The van der Waals surface area contributed by atoms with Crippen LogP contribution in [0.15, 0.2) is 0 Å². The van der Waals surface area contributed by atoms with Crippen LogP contribution in [0.25, 0.3) is 0 Å². The number of nitrogens with one attached hydrogen (secondary N) is 1. The quantitative estimate of drug-likeness (QED) is 0.828. The maximum absolute atomic E-state index is 12.7. The van der Waals surface area contributed by atoms with E-state index in [4.69, 9.17) is 0 Å². The van der Waals surface area contributed by atoms with Crippen LogP contribution in [-0.4, -0.2) is 29.1 Å². The smallest absolute Gasteiger partial charge is 0.241 e. The van der Waals surface area contributed by atoms with Gasteiger partial charge in [-0.3, -0.25) is 10.1 Å². The van der Waals surface area contributed by atoms with Gasteiger partial charge in [0.1, 0.15) is 0 Å². The topological polar surface area (TPSA) is 32.3 Å². The van der Waals surface area contributed by atoms with E-state index in [-0.39, 0.29) is 6.04 Å². The fourth-order valence-corrected chi connectivity index (χ4v) is 3.99. The number of carbonyl (C=O) groups excluding carboxylic acids is 1. The molecule has 1 saturated heterocycles. The van der Waals surface area contributed by atoms with Gasteiger partial charge in [0.05, 0.1) is 12.2 Å². The second kappa shape index (κ2) is 5.43. The molecular weight excluding hydrogens is 236 g/mol. The fourth-order valence-electron chi connectivity index (χ4n) is 3.99. The van der Waals surface area contributed by atoms with Gasteiger partial charge in [0.2, 0.25) is 5.91 Å². The van der Waals surface area contributed by atoms with Gasteiger partial charge in [-0.1, -0.05) is 39.5 Å². The van der Waals surface area contributed by atoms with Crippen LogP contribution in [0.5, 0.6) is 0 Å². The Balaban J connectivity index is 1.71. The highest BCUT2D eigenvalue weighted by molar-refractivity contribution is 5.85. The minimum atomic E-state index is 0.110. The Labute approximate surface area is 117 Å². The lowest BCUT2D eigenvalue weighted by Gasteiger charge is -2.29. The lowest BCUT2D eigenvalue weighted by molar-refractivity contribution is -0.131. The molecule has 1 heterocycles. The zero-order valence-electron chi connectivity index (χ0n) is 12.4. The summed E-state index contributed by atoms with van der Waals surface area (Å²) in [6.45, 7) is 4.48. The number of hydrogen-bond donors (Lipinski definition) is 1. The molecule has 0 bridgehead atoms. The first-order valence-corrected chi connectivity index (χ1v) is 8.30. The highest BCUT2D eigenvalue weighted by atomic mass is 16.2. The Morgan fingerprint density at radius 1 is 1.32 bits per heavy atom. The van der Waals surface area contributed by atoms with Gasteiger partial charge in [-0.25, -0.2) is 0 Å². The third-order valence-electron chi connectivity index (χ3n) is 5.34. The number of hydrogen-bond acceptors (Lipinski definition) is 2. The molecule has 3 heteroatoms. The van der Waals surface area contributed by atoms with E-state index in [1.807, 2.05) is 0 Å². The minimum absolute atomic E-state index is 0.110. The van der Waals surface area contributed by atoms with Crippen molar-refractivity contribution in [2.24, 2.45) is 11.8 Å². The molecule has 108 valence electrons. The van der Waals surface area contributed by atoms with Crippen LogP contribution >= 0.6 is 0 Å². The average molecular weight is 264 g/mol. The van der Waals surface area contributed by atoms with Crippen LogP contribution in [0.2, 0.25) is 0 Å². The Morgan fingerprint density at radius 3 is 2.58 bits per heavy atom. The van der Waals surface area contributed by atoms with Crippen molar-refractivity contribution in [2.75, 3.05) is 0 Å². The normalized spacial score (nSPS) is 39.3. The molecule has 2 saturated carbocycles. The van der Waals surface area contributed by atoms with Crippen LogP contribution < -0.4 is 5.32 Å². The second-order valence-electron chi connectivity index (χ2n) is 6.88. The van der Waals surface area contributed by atoms with Crippen LogP contribution in [0.4, 0.5) is 0 Å². The van der Waals surface area contributed by atoms with Crippen molar-refractivity contribution >= 4 is 5.91 Å². The molecule has 3 fully saturated rings. The van der Waals surface area contributed by atoms with E-state index in [1.165, 1.54) is 38.5 Å². The highest BCUT2D eigenvalue weighted by Crippen LogP contribution is 2.42. The summed E-state index contributed by atoms with van der Waals surface area (Å²) in [6.07, 6.45) is 10.3. The summed E-state index contributed by atoms with van der Waals surface area (Å²) in [7, 11) is 0. The molecule has 0 aromatic heterocycles. The van der Waals surface area contributed by atoms with Crippen LogP contribution in [0, 0.1) is 11.8 Å². The lowest BCUT2D eigenvalue weighted by atomic mass is 10.0. The molecule has 0 spiro atoms. The first kappa shape index (κ1) is 13.4. The third kappa shape index (κ3) is 2.54. The Hall–Kier alpha value is -0.570. The number of rotatable bonds is 5. The summed E-state index contributed by atoms with van der Waals surface area (Å²) in [5, 5.41) is 3.69. The first-order valence-electron chi connectivity index (χ1n) is 8.30. The molecule has 3 rings (SSSR count). The minimum Gasteiger partial charge on any atom is -0.322 e. The molecule has 19 heavy (non-hydrogen) atoms. The van der Waals surface area contributed by atoms with Crippen molar-refractivity contribution in [3.63, 3.8) is 0 Å². The van der Waals surface area contributed by atoms with Crippen molar-refractivity contribution in [3.8, 4) is 0 Å². The largest absolute Gasteiger partial charge is 0.322 e. The molecule has 0 aromatic rings. The maximum Gasteiger partial charge on any atom is 0.241 e. The van der Waals surface area contributed by atoms with Gasteiger partial charge in [0.15, 0.2) is 0 Å². The molecule has 3 nitrogen and oxygen atoms in total. The van der Waals surface area contributed by atoms with Gasteiger partial charge in [-0.2, -0.15) is 0 Å². The summed E-state index contributed by atoms with van der Waals surface area (Å²) in [6, 6.07) is 0.649. The highest BCUT2D eigenvalue weighted by Gasteiger charge is 2.51. The van der Waals surface area contributed by atoms with Gasteiger partial charge in [-0.15, -0.1) is 0 Å². The summed E-state index contributed by atoms with van der Waals surface area (Å²) in [5.41, 5.74) is 0. The second-order valence-corrected chi connectivity index (χ2v) is 6.88. The van der Waals surface area contributed by atoms with Crippen molar-refractivity contribution in [1.29, 1.82) is 0 Å². The van der Waals surface area contributed by atoms with Gasteiger partial charge < -0.3 is 4.90 Å². The molecule has 2 aliphatic carbocycles. The molecule has 1 N–H and O–H groups in total. The monoisotopic (exact) mass is 264 g/mol. The SMILES string of the molecule is CCCCC1NC(C2CCCC2)N(C2CC2C)C1=O. The van der Waals surface area contributed by atoms with Gasteiger partial charge in [-0.05, 0) is 37.5 Å². The molecule has 4 unspecified atom stereocenters. The molecule has 1 amide bonds. The van der Waals surface area contributed by atoms with Gasteiger partial charge in [0.25, 0.3) is 0 Å². The Kier molecular flexibility index (Phi) is 3.84. The predicted octanol–water partition coefficient (Wildman–Crippen LogP) is 2.90. The van der Waals surface area contributed by atoms with Crippen LogP contribution in [-0.2, 0) is 4.79 Å². The summed E-state index contributed by atoms with van der Waals surface area (Å²) >= 11 is 0. The molecule has 4 atom stereocenters. The van der Waals surface area contributed by atoms with Crippen molar-refractivity contribution in [3.05, 3.63) is 0 Å². The van der Waals surface area contributed by atoms with Crippen molar-refractivity contribution < 1.29 is 4.79 Å². The van der Waals surface area contributed by atoms with E-state index in [0.717, 1.165) is 18.8 Å². The molecule has 0 radical (unpaired) electrons. The van der Waals surface area contributed by atoms with E-state index in [0.29, 0.717) is 24.0 Å². The fraction of sp³-hybridized carbons (Fsp3) is 0.938. The van der Waals surface area contributed by atoms with Gasteiger partial charge >= 0.3 is 0 Å². The van der Waals surface area contributed by atoms with Crippen molar-refractivity contribution in [1.82, 2.24) is 10.2 Å². The molecule has 0 aromatic carbocycles. The number of carbonyl (C=O) groups is 1. The van der Waals surface area contributed by atoms with E-state index in [1.54, 1.807) is 0 Å². The van der Waals surface area contributed by atoms with E-state index < -0.39 is 0 Å².